The minimum atomic E-state index is -0.579. The highest BCUT2D eigenvalue weighted by Crippen LogP contribution is 2.41. The van der Waals surface area contributed by atoms with Crippen molar-refractivity contribution in [1.82, 2.24) is 19.4 Å². The Morgan fingerprint density at radius 1 is 1.04 bits per heavy atom. The Labute approximate surface area is 164 Å². The van der Waals surface area contributed by atoms with Crippen LogP contribution in [0.5, 0.6) is 0 Å². The first-order chi connectivity index (χ1) is 13.7. The van der Waals surface area contributed by atoms with Crippen LogP contribution in [-0.4, -0.2) is 76.7 Å². The molecule has 28 heavy (non-hydrogen) atoms. The van der Waals surface area contributed by atoms with Gasteiger partial charge in [-0.05, 0) is 12.8 Å². The first-order valence-corrected chi connectivity index (χ1v) is 10.5. The van der Waals surface area contributed by atoms with E-state index in [1.54, 1.807) is 6.20 Å². The molecule has 5 rings (SSSR count). The summed E-state index contributed by atoms with van der Waals surface area (Å²) in [5.41, 5.74) is -0.579. The molecule has 1 saturated carbocycles. The van der Waals surface area contributed by atoms with E-state index in [0.29, 0.717) is 64.7 Å². The number of fused-ring (bicyclic) bond motifs is 2. The molecule has 0 aromatic carbocycles. The Morgan fingerprint density at radius 2 is 1.75 bits per heavy atom. The van der Waals surface area contributed by atoms with Crippen molar-refractivity contribution >= 4 is 11.8 Å². The third-order valence-corrected chi connectivity index (χ3v) is 6.79. The molecule has 1 unspecified atom stereocenters. The highest BCUT2D eigenvalue weighted by Gasteiger charge is 2.48. The summed E-state index contributed by atoms with van der Waals surface area (Å²) in [5, 5.41) is 0. The van der Waals surface area contributed by atoms with Gasteiger partial charge in [-0.1, -0.05) is 6.42 Å². The molecular weight excluding hydrogens is 360 g/mol. The van der Waals surface area contributed by atoms with Crippen LogP contribution in [-0.2, 0) is 31.2 Å². The lowest BCUT2D eigenvalue weighted by molar-refractivity contribution is -0.185. The van der Waals surface area contributed by atoms with Crippen molar-refractivity contribution in [3.05, 3.63) is 18.2 Å². The summed E-state index contributed by atoms with van der Waals surface area (Å²) < 4.78 is 13.9. The van der Waals surface area contributed by atoms with E-state index in [1.165, 1.54) is 6.42 Å². The average molecular weight is 388 g/mol. The number of ether oxygens (including phenoxy) is 2. The van der Waals surface area contributed by atoms with E-state index in [9.17, 15) is 9.59 Å². The lowest BCUT2D eigenvalue weighted by Crippen LogP contribution is -2.56. The summed E-state index contributed by atoms with van der Waals surface area (Å²) in [6, 6.07) is 0. The fraction of sp³-hybridized carbons (Fsp3) is 0.750. The molecule has 8 heteroatoms. The fourth-order valence-electron chi connectivity index (χ4n) is 4.86. The van der Waals surface area contributed by atoms with Crippen LogP contribution in [0, 0.1) is 5.92 Å². The Hall–Kier alpha value is -1.93. The number of carbonyl (C=O) groups excluding carboxylic acids is 2. The molecule has 1 atom stereocenters. The maximum atomic E-state index is 13.1. The maximum Gasteiger partial charge on any atom is 0.253 e. The SMILES string of the molecule is O=C(C1CCC1)N1CCC2(CC1)OC(C(=O)N1CCOCC1)Cn1ccnc12. The van der Waals surface area contributed by atoms with Gasteiger partial charge in [0, 0.05) is 57.3 Å². The minimum Gasteiger partial charge on any atom is -0.378 e. The first kappa shape index (κ1) is 18.1. The van der Waals surface area contributed by atoms with Crippen LogP contribution in [0.3, 0.4) is 0 Å². The molecule has 1 aliphatic carbocycles. The van der Waals surface area contributed by atoms with E-state index in [4.69, 9.17) is 9.47 Å². The molecule has 0 bridgehead atoms. The van der Waals surface area contributed by atoms with E-state index in [1.807, 2.05) is 16.0 Å². The molecule has 3 aliphatic heterocycles. The smallest absolute Gasteiger partial charge is 0.253 e. The molecular formula is C20H28N4O4. The molecule has 1 spiro atoms. The van der Waals surface area contributed by atoms with Gasteiger partial charge in [0.2, 0.25) is 5.91 Å². The van der Waals surface area contributed by atoms with E-state index in [-0.39, 0.29) is 11.8 Å². The molecule has 0 radical (unpaired) electrons. The molecule has 0 N–H and O–H groups in total. The Bertz CT molecular complexity index is 745. The van der Waals surface area contributed by atoms with Gasteiger partial charge in [-0.25, -0.2) is 4.98 Å². The van der Waals surface area contributed by atoms with Gasteiger partial charge in [0.25, 0.3) is 5.91 Å². The number of likely N-dealkylation sites (tertiary alicyclic amines) is 1. The van der Waals surface area contributed by atoms with Gasteiger partial charge in [0.05, 0.1) is 19.8 Å². The summed E-state index contributed by atoms with van der Waals surface area (Å²) in [6.45, 7) is 4.23. The molecule has 3 fully saturated rings. The molecule has 2 amide bonds. The van der Waals surface area contributed by atoms with Crippen molar-refractivity contribution < 1.29 is 19.1 Å². The highest BCUT2D eigenvalue weighted by atomic mass is 16.5. The standard InChI is InChI=1S/C20H28N4O4/c25-17(15-2-1-3-15)22-7-4-20(5-8-22)19-21-6-9-24(19)14-16(28-20)18(26)23-10-12-27-13-11-23/h6,9,15-16H,1-5,7-8,10-14H2. The van der Waals surface area contributed by atoms with Crippen LogP contribution < -0.4 is 0 Å². The van der Waals surface area contributed by atoms with E-state index in [0.717, 1.165) is 18.7 Å². The van der Waals surface area contributed by atoms with Crippen LogP contribution in [0.15, 0.2) is 12.4 Å². The molecule has 1 aromatic heterocycles. The van der Waals surface area contributed by atoms with Gasteiger partial charge in [-0.2, -0.15) is 0 Å². The third kappa shape index (κ3) is 3.03. The number of rotatable bonds is 2. The summed E-state index contributed by atoms with van der Waals surface area (Å²) in [5.74, 6) is 1.45. The predicted molar refractivity (Wildman–Crippen MR) is 99.3 cm³/mol. The second kappa shape index (κ2) is 7.15. The summed E-state index contributed by atoms with van der Waals surface area (Å²) in [4.78, 5) is 34.1. The number of carbonyl (C=O) groups is 2. The number of amides is 2. The number of nitrogens with zero attached hydrogens (tertiary/aromatic N) is 4. The quantitative estimate of drug-likeness (QED) is 0.748. The predicted octanol–water partition coefficient (Wildman–Crippen LogP) is 0.759. The molecule has 2 saturated heterocycles. The van der Waals surface area contributed by atoms with E-state index >= 15 is 0 Å². The van der Waals surface area contributed by atoms with Crippen molar-refractivity contribution in [2.45, 2.75) is 50.4 Å². The topological polar surface area (TPSA) is 76.9 Å². The lowest BCUT2D eigenvalue weighted by atomic mass is 9.82. The number of aromatic nitrogens is 2. The van der Waals surface area contributed by atoms with Crippen LogP contribution in [0.25, 0.3) is 0 Å². The van der Waals surface area contributed by atoms with Crippen molar-refractivity contribution in [2.75, 3.05) is 39.4 Å². The molecule has 1 aromatic rings. The van der Waals surface area contributed by atoms with Crippen molar-refractivity contribution in [3.8, 4) is 0 Å². The number of hydrogen-bond donors (Lipinski definition) is 0. The summed E-state index contributed by atoms with van der Waals surface area (Å²) in [7, 11) is 0. The van der Waals surface area contributed by atoms with Crippen LogP contribution in [0.1, 0.15) is 37.9 Å². The van der Waals surface area contributed by atoms with Crippen molar-refractivity contribution in [2.24, 2.45) is 5.92 Å². The van der Waals surface area contributed by atoms with Gasteiger partial charge in [-0.3, -0.25) is 9.59 Å². The van der Waals surface area contributed by atoms with Gasteiger partial charge >= 0.3 is 0 Å². The number of morpholine rings is 1. The van der Waals surface area contributed by atoms with Crippen LogP contribution >= 0.6 is 0 Å². The minimum absolute atomic E-state index is 0.0370. The Balaban J connectivity index is 1.32. The van der Waals surface area contributed by atoms with Crippen molar-refractivity contribution in [1.29, 1.82) is 0 Å². The number of hydrogen-bond acceptors (Lipinski definition) is 5. The average Bonchev–Trinajstić information content (AvgIpc) is 3.17. The fourth-order valence-corrected chi connectivity index (χ4v) is 4.86. The van der Waals surface area contributed by atoms with Crippen LogP contribution in [0.4, 0.5) is 0 Å². The largest absolute Gasteiger partial charge is 0.378 e. The molecule has 4 heterocycles. The molecule has 4 aliphatic rings. The zero-order valence-corrected chi connectivity index (χ0v) is 16.2. The van der Waals surface area contributed by atoms with Crippen molar-refractivity contribution in [3.63, 3.8) is 0 Å². The monoisotopic (exact) mass is 388 g/mol. The zero-order chi connectivity index (χ0) is 19.1. The van der Waals surface area contributed by atoms with E-state index < -0.39 is 11.7 Å². The van der Waals surface area contributed by atoms with Gasteiger partial charge < -0.3 is 23.8 Å². The normalized spacial score (nSPS) is 27.4. The summed E-state index contributed by atoms with van der Waals surface area (Å²) in [6.07, 6.45) is 7.81. The van der Waals surface area contributed by atoms with Gasteiger partial charge in [-0.15, -0.1) is 0 Å². The second-order valence-electron chi connectivity index (χ2n) is 8.39. The van der Waals surface area contributed by atoms with E-state index in [2.05, 4.69) is 9.55 Å². The first-order valence-electron chi connectivity index (χ1n) is 10.5. The third-order valence-electron chi connectivity index (χ3n) is 6.79. The maximum absolute atomic E-state index is 13.1. The Kier molecular flexibility index (Phi) is 4.63. The highest BCUT2D eigenvalue weighted by molar-refractivity contribution is 5.81. The zero-order valence-electron chi connectivity index (χ0n) is 16.2. The second-order valence-corrected chi connectivity index (χ2v) is 8.39. The Morgan fingerprint density at radius 3 is 2.43 bits per heavy atom. The summed E-state index contributed by atoms with van der Waals surface area (Å²) >= 11 is 0. The molecule has 152 valence electrons. The van der Waals surface area contributed by atoms with Gasteiger partial charge in [0.1, 0.15) is 11.4 Å². The number of imidazole rings is 1. The van der Waals surface area contributed by atoms with Crippen LogP contribution in [0.2, 0.25) is 0 Å². The molecule has 8 nitrogen and oxygen atoms in total. The lowest BCUT2D eigenvalue weighted by Gasteiger charge is -2.47. The van der Waals surface area contributed by atoms with Gasteiger partial charge in [0.15, 0.2) is 6.10 Å². The number of piperidine rings is 1.